The second-order valence-electron chi connectivity index (χ2n) is 5.80. The highest BCUT2D eigenvalue weighted by molar-refractivity contribution is 6.74. The molecule has 0 fully saturated rings. The molecule has 0 bridgehead atoms. The molecule has 0 radical (unpaired) electrons. The standard InChI is InChI=1S/C12H25ClOSi/c1-10(8-11(2)13)9-14-15(6,7)12(3,4)5/h8,10H,9H2,1-7H3/b11-8-/t10-/m0/s1. The van der Waals surface area contributed by atoms with Gasteiger partial charge in [0.05, 0.1) is 0 Å². The summed E-state index contributed by atoms with van der Waals surface area (Å²) in [6, 6.07) is 0. The van der Waals surface area contributed by atoms with Crippen molar-refractivity contribution in [3.8, 4) is 0 Å². The average molecular weight is 249 g/mol. The maximum absolute atomic E-state index is 6.09. The summed E-state index contributed by atoms with van der Waals surface area (Å²) >= 11 is 5.83. The number of allylic oxidation sites excluding steroid dienone is 1. The third kappa shape index (κ3) is 5.74. The van der Waals surface area contributed by atoms with E-state index in [0.717, 1.165) is 11.6 Å². The van der Waals surface area contributed by atoms with Crippen LogP contribution in [0.1, 0.15) is 34.6 Å². The maximum Gasteiger partial charge on any atom is 0.192 e. The van der Waals surface area contributed by atoms with Crippen LogP contribution in [0.15, 0.2) is 11.1 Å². The molecule has 0 saturated carbocycles. The molecule has 0 aliphatic carbocycles. The summed E-state index contributed by atoms with van der Waals surface area (Å²) in [4.78, 5) is 0. The van der Waals surface area contributed by atoms with E-state index in [1.54, 1.807) is 0 Å². The van der Waals surface area contributed by atoms with E-state index < -0.39 is 8.32 Å². The van der Waals surface area contributed by atoms with E-state index in [0.29, 0.717) is 5.92 Å². The Kier molecular flexibility index (Phi) is 5.59. The van der Waals surface area contributed by atoms with Crippen molar-refractivity contribution in [1.82, 2.24) is 0 Å². The molecule has 1 nitrogen and oxygen atoms in total. The Bertz CT molecular complexity index is 224. The van der Waals surface area contributed by atoms with Crippen LogP contribution in [-0.4, -0.2) is 14.9 Å². The van der Waals surface area contributed by atoms with E-state index in [1.807, 2.05) is 6.92 Å². The molecule has 0 spiro atoms. The summed E-state index contributed by atoms with van der Waals surface area (Å²) in [6.45, 7) is 16.1. The minimum absolute atomic E-state index is 0.284. The van der Waals surface area contributed by atoms with Gasteiger partial charge in [-0.05, 0) is 31.0 Å². The lowest BCUT2D eigenvalue weighted by Gasteiger charge is -2.36. The monoisotopic (exact) mass is 248 g/mol. The van der Waals surface area contributed by atoms with Crippen molar-refractivity contribution in [2.45, 2.75) is 52.8 Å². The van der Waals surface area contributed by atoms with Crippen molar-refractivity contribution in [3.63, 3.8) is 0 Å². The van der Waals surface area contributed by atoms with Gasteiger partial charge >= 0.3 is 0 Å². The Labute approximate surface area is 101 Å². The van der Waals surface area contributed by atoms with Crippen LogP contribution < -0.4 is 0 Å². The van der Waals surface area contributed by atoms with Gasteiger partial charge in [0.15, 0.2) is 8.32 Å². The molecule has 0 heterocycles. The molecule has 0 aliphatic heterocycles. The molecule has 0 aromatic heterocycles. The van der Waals surface area contributed by atoms with Gasteiger partial charge in [0.25, 0.3) is 0 Å². The lowest BCUT2D eigenvalue weighted by molar-refractivity contribution is 0.259. The SMILES string of the molecule is C/C(Cl)=C/[C@H](C)CO[Si](C)(C)C(C)(C)C. The molecule has 0 amide bonds. The second-order valence-corrected chi connectivity index (χ2v) is 11.2. The molecule has 90 valence electrons. The first-order chi connectivity index (χ1) is 6.56. The second kappa shape index (κ2) is 5.51. The Hall–Kier alpha value is 0.207. The smallest absolute Gasteiger partial charge is 0.192 e. The van der Waals surface area contributed by atoms with Crippen LogP contribution in [0.25, 0.3) is 0 Å². The van der Waals surface area contributed by atoms with Gasteiger partial charge in [-0.15, -0.1) is 0 Å². The molecule has 0 aromatic rings. The highest BCUT2D eigenvalue weighted by atomic mass is 35.5. The lowest BCUT2D eigenvalue weighted by atomic mass is 10.2. The molecule has 15 heavy (non-hydrogen) atoms. The molecular formula is C12H25ClOSi. The van der Waals surface area contributed by atoms with Crippen molar-refractivity contribution in [3.05, 3.63) is 11.1 Å². The van der Waals surface area contributed by atoms with Crippen LogP contribution in [0.3, 0.4) is 0 Å². The first-order valence-electron chi connectivity index (χ1n) is 5.54. The summed E-state index contributed by atoms with van der Waals surface area (Å²) < 4.78 is 6.09. The molecule has 0 aliphatic rings. The van der Waals surface area contributed by atoms with Crippen LogP contribution in [0, 0.1) is 5.92 Å². The topological polar surface area (TPSA) is 9.23 Å². The Morgan fingerprint density at radius 1 is 1.40 bits per heavy atom. The molecule has 0 saturated heterocycles. The maximum atomic E-state index is 6.09. The highest BCUT2D eigenvalue weighted by Crippen LogP contribution is 2.36. The predicted octanol–water partition coefficient (Wildman–Crippen LogP) is 4.79. The number of hydrogen-bond acceptors (Lipinski definition) is 1. The molecule has 1 atom stereocenters. The summed E-state index contributed by atoms with van der Waals surface area (Å²) in [5.41, 5.74) is 0. The van der Waals surface area contributed by atoms with Gasteiger partial charge in [0.1, 0.15) is 0 Å². The van der Waals surface area contributed by atoms with Crippen LogP contribution in [0.4, 0.5) is 0 Å². The minimum Gasteiger partial charge on any atom is -0.416 e. The Balaban J connectivity index is 4.22. The van der Waals surface area contributed by atoms with E-state index in [-0.39, 0.29) is 5.04 Å². The van der Waals surface area contributed by atoms with E-state index in [1.165, 1.54) is 0 Å². The zero-order valence-corrected chi connectivity index (χ0v) is 12.9. The van der Waals surface area contributed by atoms with Crippen molar-refractivity contribution in [2.75, 3.05) is 6.61 Å². The van der Waals surface area contributed by atoms with E-state index in [9.17, 15) is 0 Å². The van der Waals surface area contributed by atoms with Gasteiger partial charge in [0.2, 0.25) is 0 Å². The normalized spacial score (nSPS) is 16.7. The van der Waals surface area contributed by atoms with Crippen molar-refractivity contribution < 1.29 is 4.43 Å². The lowest BCUT2D eigenvalue weighted by Crippen LogP contribution is -2.41. The van der Waals surface area contributed by atoms with E-state index in [2.05, 4.69) is 46.9 Å². The third-order valence-electron chi connectivity index (χ3n) is 3.03. The Morgan fingerprint density at radius 3 is 2.20 bits per heavy atom. The molecule has 0 N–H and O–H groups in total. The number of hydrogen-bond donors (Lipinski definition) is 0. The van der Waals surface area contributed by atoms with Gasteiger partial charge in [-0.2, -0.15) is 0 Å². The quantitative estimate of drug-likeness (QED) is 0.651. The first kappa shape index (κ1) is 15.2. The van der Waals surface area contributed by atoms with Gasteiger partial charge < -0.3 is 4.43 Å². The fourth-order valence-electron chi connectivity index (χ4n) is 0.996. The number of halogens is 1. The van der Waals surface area contributed by atoms with Gasteiger partial charge in [0, 0.05) is 11.6 Å². The molecular weight excluding hydrogens is 224 g/mol. The van der Waals surface area contributed by atoms with Crippen LogP contribution in [-0.2, 0) is 4.43 Å². The molecule has 0 unspecified atom stereocenters. The summed E-state index contributed by atoms with van der Waals surface area (Å²) in [7, 11) is -1.59. The fraction of sp³-hybridized carbons (Fsp3) is 0.833. The van der Waals surface area contributed by atoms with E-state index in [4.69, 9.17) is 16.0 Å². The summed E-state index contributed by atoms with van der Waals surface area (Å²) in [6.07, 6.45) is 2.05. The van der Waals surface area contributed by atoms with Crippen LogP contribution >= 0.6 is 11.6 Å². The molecule has 3 heteroatoms. The first-order valence-corrected chi connectivity index (χ1v) is 8.83. The van der Waals surface area contributed by atoms with Crippen LogP contribution in [0.2, 0.25) is 18.1 Å². The number of rotatable bonds is 4. The fourth-order valence-corrected chi connectivity index (χ4v) is 2.32. The molecule has 0 rings (SSSR count). The van der Waals surface area contributed by atoms with Gasteiger partial charge in [-0.25, -0.2) is 0 Å². The summed E-state index contributed by atoms with van der Waals surface area (Å²) in [5, 5.41) is 1.13. The predicted molar refractivity (Wildman–Crippen MR) is 71.9 cm³/mol. The molecule has 0 aromatic carbocycles. The third-order valence-corrected chi connectivity index (χ3v) is 7.65. The average Bonchev–Trinajstić information content (AvgIpc) is 1.97. The highest BCUT2D eigenvalue weighted by Gasteiger charge is 2.37. The van der Waals surface area contributed by atoms with Crippen LogP contribution in [0.5, 0.6) is 0 Å². The zero-order valence-electron chi connectivity index (χ0n) is 11.1. The van der Waals surface area contributed by atoms with Crippen molar-refractivity contribution >= 4 is 19.9 Å². The van der Waals surface area contributed by atoms with Gasteiger partial charge in [-0.3, -0.25) is 0 Å². The summed E-state index contributed by atoms with van der Waals surface area (Å²) in [5.74, 6) is 0.400. The van der Waals surface area contributed by atoms with Crippen molar-refractivity contribution in [2.24, 2.45) is 5.92 Å². The largest absolute Gasteiger partial charge is 0.416 e. The van der Waals surface area contributed by atoms with E-state index >= 15 is 0 Å². The zero-order chi connectivity index (χ0) is 12.3. The minimum atomic E-state index is -1.59. The Morgan fingerprint density at radius 2 is 1.87 bits per heavy atom. The van der Waals surface area contributed by atoms with Crippen molar-refractivity contribution in [1.29, 1.82) is 0 Å². The van der Waals surface area contributed by atoms with Gasteiger partial charge in [-0.1, -0.05) is 45.4 Å².